The molecule has 0 aromatic heterocycles. The molecule has 0 saturated heterocycles. The lowest BCUT2D eigenvalue weighted by Gasteiger charge is -2.19. The van der Waals surface area contributed by atoms with Gasteiger partial charge in [-0.05, 0) is 23.3 Å². The van der Waals surface area contributed by atoms with Crippen LogP contribution in [0.15, 0.2) is 18.2 Å². The van der Waals surface area contributed by atoms with E-state index >= 15 is 0 Å². The van der Waals surface area contributed by atoms with Crippen LogP contribution in [0.3, 0.4) is 0 Å². The molecular weight excluding hydrogens is 250 g/mol. The number of hydrogen-bond acceptors (Lipinski definition) is 2. The van der Waals surface area contributed by atoms with E-state index in [-0.39, 0.29) is 21.9 Å². The Hall–Kier alpha value is -1.09. The first-order chi connectivity index (χ1) is 8.25. The van der Waals surface area contributed by atoms with E-state index in [1.54, 1.807) is 6.07 Å². The number of rotatable bonds is 4. The number of nitrogens with zero attached hydrogens (tertiary/aromatic N) is 1. The van der Waals surface area contributed by atoms with E-state index in [0.29, 0.717) is 12.3 Å². The minimum absolute atomic E-state index is 0.0820. The van der Waals surface area contributed by atoms with Gasteiger partial charge in [-0.25, -0.2) is 0 Å². The Balaban J connectivity index is 3.17. The van der Waals surface area contributed by atoms with Gasteiger partial charge in [0.15, 0.2) is 0 Å². The highest BCUT2D eigenvalue weighted by Crippen LogP contribution is 2.29. The van der Waals surface area contributed by atoms with Crippen molar-refractivity contribution in [3.05, 3.63) is 39.4 Å². The van der Waals surface area contributed by atoms with Crippen molar-refractivity contribution in [1.29, 1.82) is 0 Å². The molecule has 0 aliphatic rings. The number of benzene rings is 1. The summed E-state index contributed by atoms with van der Waals surface area (Å²) in [6.07, 6.45) is 0.643. The standard InChI is InChI=1S/C14H20ClNO2/c1-10(9-15)7-11-5-6-12(14(2,3)4)8-13(11)16(17)18/h5-6,8,10H,7,9H2,1-4H3. The summed E-state index contributed by atoms with van der Waals surface area (Å²) >= 11 is 5.77. The quantitative estimate of drug-likeness (QED) is 0.464. The van der Waals surface area contributed by atoms with Gasteiger partial charge in [-0.1, -0.05) is 39.8 Å². The van der Waals surface area contributed by atoms with E-state index in [1.807, 2.05) is 39.8 Å². The topological polar surface area (TPSA) is 43.1 Å². The molecule has 18 heavy (non-hydrogen) atoms. The summed E-state index contributed by atoms with van der Waals surface area (Å²) in [6, 6.07) is 5.53. The Morgan fingerprint density at radius 3 is 2.44 bits per heavy atom. The minimum atomic E-state index is -0.300. The zero-order valence-corrected chi connectivity index (χ0v) is 12.1. The van der Waals surface area contributed by atoms with Crippen molar-refractivity contribution in [3.8, 4) is 0 Å². The molecule has 0 aliphatic heterocycles. The highest BCUT2D eigenvalue weighted by molar-refractivity contribution is 6.18. The third-order valence-electron chi connectivity index (χ3n) is 2.98. The van der Waals surface area contributed by atoms with Crippen molar-refractivity contribution in [2.24, 2.45) is 5.92 Å². The first kappa shape index (κ1) is 15.0. The van der Waals surface area contributed by atoms with E-state index < -0.39 is 0 Å². The van der Waals surface area contributed by atoms with Crippen molar-refractivity contribution >= 4 is 17.3 Å². The number of alkyl halides is 1. The van der Waals surface area contributed by atoms with Crippen LogP contribution < -0.4 is 0 Å². The minimum Gasteiger partial charge on any atom is -0.258 e. The first-order valence-electron chi connectivity index (χ1n) is 6.09. The molecule has 1 aromatic carbocycles. The van der Waals surface area contributed by atoms with Crippen LogP contribution in [-0.4, -0.2) is 10.8 Å². The molecule has 0 N–H and O–H groups in total. The Morgan fingerprint density at radius 2 is 2.00 bits per heavy atom. The van der Waals surface area contributed by atoms with Gasteiger partial charge >= 0.3 is 0 Å². The molecule has 0 amide bonds. The second-order valence-electron chi connectivity index (χ2n) is 5.81. The molecule has 0 saturated carbocycles. The van der Waals surface area contributed by atoms with Crippen molar-refractivity contribution in [2.45, 2.75) is 39.5 Å². The maximum absolute atomic E-state index is 11.1. The molecule has 1 rings (SSSR count). The fraction of sp³-hybridized carbons (Fsp3) is 0.571. The summed E-state index contributed by atoms with van der Waals surface area (Å²) in [5, 5.41) is 11.1. The van der Waals surface area contributed by atoms with Crippen LogP contribution in [-0.2, 0) is 11.8 Å². The number of hydrogen-bond donors (Lipinski definition) is 0. The SMILES string of the molecule is CC(CCl)Cc1ccc(C(C)(C)C)cc1[N+](=O)[O-]. The first-order valence-corrected chi connectivity index (χ1v) is 6.63. The van der Waals surface area contributed by atoms with Crippen LogP contribution in [0.25, 0.3) is 0 Å². The molecule has 1 unspecified atom stereocenters. The third kappa shape index (κ3) is 3.70. The van der Waals surface area contributed by atoms with Gasteiger partial charge < -0.3 is 0 Å². The lowest BCUT2D eigenvalue weighted by Crippen LogP contribution is -2.12. The molecule has 100 valence electrons. The second-order valence-corrected chi connectivity index (χ2v) is 6.12. The maximum Gasteiger partial charge on any atom is 0.272 e. The van der Waals surface area contributed by atoms with Crippen LogP contribution in [0.1, 0.15) is 38.8 Å². The van der Waals surface area contributed by atoms with Gasteiger partial charge in [-0.15, -0.1) is 11.6 Å². The van der Waals surface area contributed by atoms with Gasteiger partial charge in [-0.3, -0.25) is 10.1 Å². The Kier molecular flexibility index (Phi) is 4.74. The van der Waals surface area contributed by atoms with Gasteiger partial charge in [0.2, 0.25) is 0 Å². The summed E-state index contributed by atoms with van der Waals surface area (Å²) in [5.74, 6) is 0.754. The van der Waals surface area contributed by atoms with Crippen LogP contribution in [0.4, 0.5) is 5.69 Å². The zero-order chi connectivity index (χ0) is 13.9. The lowest BCUT2D eigenvalue weighted by atomic mass is 9.85. The van der Waals surface area contributed by atoms with Crippen LogP contribution in [0, 0.1) is 16.0 Å². The van der Waals surface area contributed by atoms with Crippen molar-refractivity contribution in [2.75, 3.05) is 5.88 Å². The van der Waals surface area contributed by atoms with Gasteiger partial charge in [0, 0.05) is 17.5 Å². The summed E-state index contributed by atoms with van der Waals surface area (Å²) in [4.78, 5) is 10.8. The fourth-order valence-corrected chi connectivity index (χ4v) is 1.91. The maximum atomic E-state index is 11.1. The normalized spacial score (nSPS) is 13.4. The summed E-state index contributed by atoms with van der Waals surface area (Å²) in [7, 11) is 0. The molecule has 0 spiro atoms. The summed E-state index contributed by atoms with van der Waals surface area (Å²) < 4.78 is 0. The van der Waals surface area contributed by atoms with Gasteiger partial charge in [0.25, 0.3) is 5.69 Å². The molecule has 1 atom stereocenters. The van der Waals surface area contributed by atoms with Crippen molar-refractivity contribution in [3.63, 3.8) is 0 Å². The second kappa shape index (κ2) is 5.70. The van der Waals surface area contributed by atoms with Crippen LogP contribution in [0.2, 0.25) is 0 Å². The number of nitro groups is 1. The molecule has 0 bridgehead atoms. The smallest absolute Gasteiger partial charge is 0.258 e. The molecule has 1 aromatic rings. The molecule has 4 heteroatoms. The summed E-state index contributed by atoms with van der Waals surface area (Å²) in [5.41, 5.74) is 1.87. The van der Waals surface area contributed by atoms with Crippen molar-refractivity contribution < 1.29 is 4.92 Å². The van der Waals surface area contributed by atoms with Crippen LogP contribution >= 0.6 is 11.6 Å². The van der Waals surface area contributed by atoms with E-state index in [1.165, 1.54) is 0 Å². The van der Waals surface area contributed by atoms with E-state index in [0.717, 1.165) is 11.1 Å². The predicted molar refractivity (Wildman–Crippen MR) is 75.4 cm³/mol. The lowest BCUT2D eigenvalue weighted by molar-refractivity contribution is -0.385. The van der Waals surface area contributed by atoms with Crippen molar-refractivity contribution in [1.82, 2.24) is 0 Å². The average molecular weight is 270 g/mol. The molecule has 3 nitrogen and oxygen atoms in total. The Morgan fingerprint density at radius 1 is 1.39 bits per heavy atom. The molecule has 0 heterocycles. The van der Waals surface area contributed by atoms with Gasteiger partial charge in [0.05, 0.1) is 4.92 Å². The molecular formula is C14H20ClNO2. The molecule has 0 fully saturated rings. The number of nitro benzene ring substituents is 1. The molecule has 0 radical (unpaired) electrons. The number of halogens is 1. The van der Waals surface area contributed by atoms with Gasteiger partial charge in [0.1, 0.15) is 0 Å². The summed E-state index contributed by atoms with van der Waals surface area (Å²) in [6.45, 7) is 8.14. The zero-order valence-electron chi connectivity index (χ0n) is 11.4. The van der Waals surface area contributed by atoms with Crippen LogP contribution in [0.5, 0.6) is 0 Å². The predicted octanol–water partition coefficient (Wildman–Crippen LogP) is 4.31. The third-order valence-corrected chi connectivity index (χ3v) is 3.51. The van der Waals surface area contributed by atoms with E-state index in [4.69, 9.17) is 11.6 Å². The highest BCUT2D eigenvalue weighted by atomic mass is 35.5. The Labute approximate surface area is 113 Å². The average Bonchev–Trinajstić information content (AvgIpc) is 2.27. The fourth-order valence-electron chi connectivity index (χ4n) is 1.80. The van der Waals surface area contributed by atoms with E-state index in [2.05, 4.69) is 0 Å². The van der Waals surface area contributed by atoms with E-state index in [9.17, 15) is 10.1 Å². The Bertz CT molecular complexity index is 438. The largest absolute Gasteiger partial charge is 0.272 e. The molecule has 0 aliphatic carbocycles. The highest BCUT2D eigenvalue weighted by Gasteiger charge is 2.21. The van der Waals surface area contributed by atoms with Gasteiger partial charge in [-0.2, -0.15) is 0 Å². The monoisotopic (exact) mass is 269 g/mol.